The van der Waals surface area contributed by atoms with Gasteiger partial charge in [0, 0.05) is 24.8 Å². The van der Waals surface area contributed by atoms with Crippen LogP contribution in [0.15, 0.2) is 83.8 Å². The first-order valence-corrected chi connectivity index (χ1v) is 13.2. The maximum atomic E-state index is 13.1. The molecule has 1 aromatic heterocycles. The molecule has 0 bridgehead atoms. The Morgan fingerprint density at radius 1 is 0.892 bits per heavy atom. The van der Waals surface area contributed by atoms with Crippen molar-refractivity contribution in [2.75, 3.05) is 23.9 Å². The van der Waals surface area contributed by atoms with Gasteiger partial charge in [-0.1, -0.05) is 30.3 Å². The topological polar surface area (TPSA) is 119 Å². The Labute approximate surface area is 215 Å². The Morgan fingerprint density at radius 2 is 1.51 bits per heavy atom. The highest BCUT2D eigenvalue weighted by Gasteiger charge is 2.20. The van der Waals surface area contributed by atoms with E-state index in [9.17, 15) is 18.0 Å². The SMILES string of the molecule is COC(=O)CCN(C(C)=O)c1ccc(Nc2nc3ccccc3nc2CS(=O)(=O)c2ccccc2)cc1. The van der Waals surface area contributed by atoms with Gasteiger partial charge in [-0.3, -0.25) is 9.59 Å². The molecule has 0 fully saturated rings. The molecule has 1 heterocycles. The molecule has 0 aliphatic rings. The summed E-state index contributed by atoms with van der Waals surface area (Å²) in [5, 5.41) is 3.18. The van der Waals surface area contributed by atoms with Crippen molar-refractivity contribution in [2.45, 2.75) is 24.0 Å². The highest BCUT2D eigenvalue weighted by Crippen LogP contribution is 2.26. The summed E-state index contributed by atoms with van der Waals surface area (Å²) in [4.78, 5) is 34.6. The van der Waals surface area contributed by atoms with Crippen molar-refractivity contribution in [3.63, 3.8) is 0 Å². The number of para-hydroxylation sites is 2. The standard InChI is InChI=1S/C27H26N4O5S/c1-19(32)31(17-16-26(33)36-2)21-14-12-20(13-15-21)28-27-25(29-23-10-6-7-11-24(23)30-27)18-37(34,35)22-8-4-3-5-9-22/h3-15H,16-18H2,1-2H3,(H,28,30). The van der Waals surface area contributed by atoms with Crippen LogP contribution in [0.2, 0.25) is 0 Å². The third kappa shape index (κ3) is 6.28. The van der Waals surface area contributed by atoms with Gasteiger partial charge in [0.25, 0.3) is 0 Å². The first-order chi connectivity index (χ1) is 17.8. The molecule has 4 aromatic rings. The summed E-state index contributed by atoms with van der Waals surface area (Å²) >= 11 is 0. The van der Waals surface area contributed by atoms with Crippen LogP contribution < -0.4 is 10.2 Å². The molecule has 0 aliphatic heterocycles. The molecule has 0 radical (unpaired) electrons. The van der Waals surface area contributed by atoms with E-state index in [-0.39, 0.29) is 35.2 Å². The summed E-state index contributed by atoms with van der Waals surface area (Å²) in [6, 6.07) is 22.4. The van der Waals surface area contributed by atoms with E-state index in [1.807, 2.05) is 12.1 Å². The van der Waals surface area contributed by atoms with Crippen LogP contribution in [-0.2, 0) is 29.9 Å². The number of ether oxygens (including phenoxy) is 1. The zero-order chi connectivity index (χ0) is 26.4. The molecule has 190 valence electrons. The lowest BCUT2D eigenvalue weighted by Gasteiger charge is -2.21. The molecule has 1 N–H and O–H groups in total. The molecule has 4 rings (SSSR count). The zero-order valence-electron chi connectivity index (χ0n) is 20.4. The number of fused-ring (bicyclic) bond motifs is 1. The molecule has 1 amide bonds. The number of benzene rings is 3. The van der Waals surface area contributed by atoms with Gasteiger partial charge in [0.05, 0.1) is 35.2 Å². The number of hydrogen-bond acceptors (Lipinski definition) is 8. The van der Waals surface area contributed by atoms with E-state index in [4.69, 9.17) is 0 Å². The molecule has 0 atom stereocenters. The van der Waals surface area contributed by atoms with E-state index in [0.29, 0.717) is 28.2 Å². The van der Waals surface area contributed by atoms with Crippen molar-refractivity contribution in [3.8, 4) is 0 Å². The van der Waals surface area contributed by atoms with Crippen LogP contribution in [0.25, 0.3) is 11.0 Å². The number of aromatic nitrogens is 2. The highest BCUT2D eigenvalue weighted by atomic mass is 32.2. The number of esters is 1. The molecule has 0 spiro atoms. The molecule has 0 saturated heterocycles. The summed E-state index contributed by atoms with van der Waals surface area (Å²) in [7, 11) is -2.36. The molecular formula is C27H26N4O5S. The predicted octanol–water partition coefficient (Wildman–Crippen LogP) is 4.26. The first kappa shape index (κ1) is 25.8. The number of nitrogens with zero attached hydrogens (tertiary/aromatic N) is 3. The Kier molecular flexibility index (Phi) is 7.78. The second kappa shape index (κ2) is 11.2. The van der Waals surface area contributed by atoms with Gasteiger partial charge in [-0.25, -0.2) is 18.4 Å². The van der Waals surface area contributed by atoms with Crippen LogP contribution in [0.3, 0.4) is 0 Å². The summed E-state index contributed by atoms with van der Waals surface area (Å²) in [5.41, 5.74) is 2.73. The van der Waals surface area contributed by atoms with Crippen molar-refractivity contribution in [2.24, 2.45) is 0 Å². The van der Waals surface area contributed by atoms with E-state index in [0.717, 1.165) is 0 Å². The number of nitrogens with one attached hydrogen (secondary N) is 1. The van der Waals surface area contributed by atoms with Crippen molar-refractivity contribution in [1.29, 1.82) is 0 Å². The first-order valence-electron chi connectivity index (χ1n) is 11.5. The number of sulfone groups is 1. The highest BCUT2D eigenvalue weighted by molar-refractivity contribution is 7.90. The van der Waals surface area contributed by atoms with Gasteiger partial charge < -0.3 is 15.0 Å². The molecule has 10 heteroatoms. The lowest BCUT2D eigenvalue weighted by Crippen LogP contribution is -2.31. The second-order valence-corrected chi connectivity index (χ2v) is 10.2. The maximum absolute atomic E-state index is 13.1. The number of amides is 1. The van der Waals surface area contributed by atoms with E-state index >= 15 is 0 Å². The zero-order valence-corrected chi connectivity index (χ0v) is 21.2. The Morgan fingerprint density at radius 3 is 2.14 bits per heavy atom. The minimum Gasteiger partial charge on any atom is -0.469 e. The number of hydrogen-bond donors (Lipinski definition) is 1. The van der Waals surface area contributed by atoms with Gasteiger partial charge in [-0.15, -0.1) is 0 Å². The average molecular weight is 519 g/mol. The molecule has 37 heavy (non-hydrogen) atoms. The summed E-state index contributed by atoms with van der Waals surface area (Å²) < 4.78 is 30.8. The molecule has 3 aromatic carbocycles. The quantitative estimate of drug-likeness (QED) is 0.327. The van der Waals surface area contributed by atoms with Crippen LogP contribution in [0.1, 0.15) is 19.0 Å². The van der Waals surface area contributed by atoms with Gasteiger partial charge in [0.1, 0.15) is 5.75 Å². The van der Waals surface area contributed by atoms with E-state index < -0.39 is 15.8 Å². The number of methoxy groups -OCH3 is 1. The molecule has 0 saturated carbocycles. The van der Waals surface area contributed by atoms with Crippen molar-refractivity contribution < 1.29 is 22.7 Å². The van der Waals surface area contributed by atoms with Gasteiger partial charge in [0.15, 0.2) is 15.7 Å². The third-order valence-electron chi connectivity index (χ3n) is 5.66. The number of carbonyl (C=O) groups excluding carboxylic acids is 2. The third-order valence-corrected chi connectivity index (χ3v) is 7.30. The summed E-state index contributed by atoms with van der Waals surface area (Å²) in [5.74, 6) is -0.628. The Bertz CT molecular complexity index is 1520. The average Bonchev–Trinajstić information content (AvgIpc) is 2.90. The molecule has 0 aliphatic carbocycles. The summed E-state index contributed by atoms with van der Waals surface area (Å²) in [6.45, 7) is 1.61. The number of carbonyl (C=O) groups is 2. The van der Waals surface area contributed by atoms with E-state index in [1.165, 1.54) is 18.9 Å². The lowest BCUT2D eigenvalue weighted by molar-refractivity contribution is -0.140. The largest absolute Gasteiger partial charge is 0.469 e. The van der Waals surface area contributed by atoms with Crippen LogP contribution in [0.5, 0.6) is 0 Å². The summed E-state index contributed by atoms with van der Waals surface area (Å²) in [6.07, 6.45) is 0.0714. The van der Waals surface area contributed by atoms with E-state index in [1.54, 1.807) is 66.7 Å². The molecule has 0 unspecified atom stereocenters. The monoisotopic (exact) mass is 518 g/mol. The minimum atomic E-state index is -3.66. The van der Waals surface area contributed by atoms with Crippen molar-refractivity contribution in [1.82, 2.24) is 9.97 Å². The molecular weight excluding hydrogens is 492 g/mol. The number of anilines is 3. The Hall–Kier alpha value is -4.31. The fraction of sp³-hybridized carbons (Fsp3) is 0.185. The lowest BCUT2D eigenvalue weighted by atomic mass is 10.2. The van der Waals surface area contributed by atoms with Crippen LogP contribution >= 0.6 is 0 Å². The van der Waals surface area contributed by atoms with Crippen molar-refractivity contribution in [3.05, 3.63) is 84.6 Å². The maximum Gasteiger partial charge on any atom is 0.307 e. The van der Waals surface area contributed by atoms with E-state index in [2.05, 4.69) is 20.0 Å². The smallest absolute Gasteiger partial charge is 0.307 e. The fourth-order valence-corrected chi connectivity index (χ4v) is 5.06. The fourth-order valence-electron chi connectivity index (χ4n) is 3.76. The van der Waals surface area contributed by atoms with Gasteiger partial charge in [-0.05, 0) is 48.5 Å². The van der Waals surface area contributed by atoms with Gasteiger partial charge in [0.2, 0.25) is 5.91 Å². The van der Waals surface area contributed by atoms with Crippen LogP contribution in [0.4, 0.5) is 17.2 Å². The minimum absolute atomic E-state index is 0.0714. The van der Waals surface area contributed by atoms with Crippen LogP contribution in [-0.4, -0.2) is 43.9 Å². The normalized spacial score (nSPS) is 11.2. The van der Waals surface area contributed by atoms with Gasteiger partial charge in [-0.2, -0.15) is 0 Å². The number of rotatable bonds is 9. The van der Waals surface area contributed by atoms with Crippen LogP contribution in [0, 0.1) is 0 Å². The predicted molar refractivity (Wildman–Crippen MR) is 141 cm³/mol. The Balaban J connectivity index is 1.63. The van der Waals surface area contributed by atoms with Gasteiger partial charge >= 0.3 is 5.97 Å². The second-order valence-electron chi connectivity index (χ2n) is 8.25. The van der Waals surface area contributed by atoms with Crippen molar-refractivity contribution >= 4 is 49.9 Å². The molecule has 9 nitrogen and oxygen atoms in total.